The Kier molecular flexibility index (Phi) is 32.6. The van der Waals surface area contributed by atoms with E-state index in [1.807, 2.05) is 97.5 Å². The monoisotopic (exact) mass is 1100 g/mol. The minimum Gasteiger partial charge on any atom is -0.494 e. The van der Waals surface area contributed by atoms with E-state index in [4.69, 9.17) is 24.2 Å². The van der Waals surface area contributed by atoms with E-state index in [9.17, 15) is 0 Å². The molecule has 7 aromatic rings. The predicted octanol–water partition coefficient (Wildman–Crippen LogP) is 18.5. The molecule has 0 N–H and O–H groups in total. The van der Waals surface area contributed by atoms with E-state index in [0.29, 0.717) is 17.2 Å². The molecule has 0 fully saturated rings. The zero-order valence-corrected chi connectivity index (χ0v) is 49.6. The van der Waals surface area contributed by atoms with Crippen LogP contribution in [-0.2, 0) is 6.42 Å². The van der Waals surface area contributed by atoms with E-state index < -0.39 is 0 Å². The standard InChI is InChI=1S/C26H33N3O.C26H40N2O2.C17H19N3O/c1-3-5-7-8-10-21-18-28-26(29-19-21)23-13-16-25(27-20-23)22-11-14-24(15-12-22)30-17-9-6-4-2;1-3-5-7-9-10-12-14-19-29-24-17-15-23(16-18-24)26-27-21-25(22-28-26)30-20-13-11-8-6-4-2;1-2-3-4-5-10-21-16-8-6-15(7-9-16)17-19-12-14(11-18)13-20-17/h11-16,18-20H,3-10,17H2,1-2H3;15-18,21-22H,3-14,19-20H2,1-2H3;6-9,12-13H,2-5,10H2,1H3. The summed E-state index contributed by atoms with van der Waals surface area (Å²) in [5.41, 5.74) is 6.52. The molecule has 12 nitrogen and oxygen atoms in total. The number of benzene rings is 3. The molecule has 12 heteroatoms. The number of ether oxygens (including phenoxy) is 4. The highest BCUT2D eigenvalue weighted by molar-refractivity contribution is 5.64. The molecule has 0 amide bonds. The molecule has 0 aliphatic rings. The van der Waals surface area contributed by atoms with Crippen molar-refractivity contribution in [1.82, 2.24) is 34.9 Å². The maximum absolute atomic E-state index is 8.73. The van der Waals surface area contributed by atoms with E-state index in [2.05, 4.69) is 81.6 Å². The Labute approximate surface area is 486 Å². The molecule has 4 aromatic heterocycles. The molecule has 0 saturated carbocycles. The number of hydrogen-bond donors (Lipinski definition) is 0. The predicted molar refractivity (Wildman–Crippen MR) is 331 cm³/mol. The Morgan fingerprint density at radius 1 is 0.309 bits per heavy atom. The van der Waals surface area contributed by atoms with Crippen molar-refractivity contribution in [2.75, 3.05) is 26.4 Å². The molecule has 0 atom stereocenters. The number of hydrogen-bond acceptors (Lipinski definition) is 12. The molecule has 81 heavy (non-hydrogen) atoms. The van der Waals surface area contributed by atoms with Crippen LogP contribution in [0.3, 0.4) is 0 Å². The smallest absolute Gasteiger partial charge is 0.160 e. The molecular weight excluding hydrogens is 1000 g/mol. The molecule has 0 aliphatic heterocycles. The van der Waals surface area contributed by atoms with Crippen molar-refractivity contribution in [2.24, 2.45) is 0 Å². The minimum absolute atomic E-state index is 0.464. The summed E-state index contributed by atoms with van der Waals surface area (Å²) in [7, 11) is 0. The lowest BCUT2D eigenvalue weighted by molar-refractivity contribution is 0.302. The molecule has 0 bridgehead atoms. The Morgan fingerprint density at radius 3 is 1.07 bits per heavy atom. The van der Waals surface area contributed by atoms with Crippen molar-refractivity contribution < 1.29 is 18.9 Å². The van der Waals surface area contributed by atoms with Gasteiger partial charge in [-0.3, -0.25) is 4.98 Å². The largest absolute Gasteiger partial charge is 0.494 e. The second kappa shape index (κ2) is 40.8. The molecule has 0 unspecified atom stereocenters. The van der Waals surface area contributed by atoms with Crippen LogP contribution in [0.5, 0.6) is 23.0 Å². The quantitative estimate of drug-likeness (QED) is 0.0344. The van der Waals surface area contributed by atoms with E-state index >= 15 is 0 Å². The highest BCUT2D eigenvalue weighted by atomic mass is 16.5. The zero-order valence-electron chi connectivity index (χ0n) is 49.6. The second-order valence-electron chi connectivity index (χ2n) is 20.6. The summed E-state index contributed by atoms with van der Waals surface area (Å²) in [6.07, 6.45) is 42.0. The van der Waals surface area contributed by atoms with Crippen LogP contribution in [0.1, 0.15) is 193 Å². The molecule has 7 rings (SSSR count). The third-order valence-corrected chi connectivity index (χ3v) is 13.6. The van der Waals surface area contributed by atoms with Gasteiger partial charge >= 0.3 is 0 Å². The van der Waals surface area contributed by atoms with Crippen LogP contribution in [-0.4, -0.2) is 61.3 Å². The summed E-state index contributed by atoms with van der Waals surface area (Å²) in [6.45, 7) is 14.2. The van der Waals surface area contributed by atoms with E-state index in [1.54, 1.807) is 12.4 Å². The Balaban J connectivity index is 0.000000227. The van der Waals surface area contributed by atoms with Crippen LogP contribution in [0.25, 0.3) is 45.4 Å². The van der Waals surface area contributed by atoms with E-state index in [1.165, 1.54) is 140 Å². The Morgan fingerprint density at radius 2 is 0.642 bits per heavy atom. The maximum Gasteiger partial charge on any atom is 0.160 e. The first-order valence-corrected chi connectivity index (χ1v) is 30.6. The third kappa shape index (κ3) is 26.3. The fourth-order valence-corrected chi connectivity index (χ4v) is 8.69. The van der Waals surface area contributed by atoms with Gasteiger partial charge in [0.25, 0.3) is 0 Å². The number of aryl methyl sites for hydroxylation is 1. The maximum atomic E-state index is 8.73. The number of aromatic nitrogens is 7. The number of pyridine rings is 1. The molecular formula is C69H92N8O4. The number of nitrogens with zero attached hydrogens (tertiary/aromatic N) is 8. The van der Waals surface area contributed by atoms with E-state index in [-0.39, 0.29) is 0 Å². The van der Waals surface area contributed by atoms with Crippen LogP contribution in [0.2, 0.25) is 0 Å². The average Bonchev–Trinajstić information content (AvgIpc) is 3.52. The lowest BCUT2D eigenvalue weighted by atomic mass is 10.1. The highest BCUT2D eigenvalue weighted by Crippen LogP contribution is 2.25. The lowest BCUT2D eigenvalue weighted by Crippen LogP contribution is -1.99. The van der Waals surface area contributed by atoms with Gasteiger partial charge in [-0.25, -0.2) is 29.9 Å². The van der Waals surface area contributed by atoms with Gasteiger partial charge in [0.2, 0.25) is 0 Å². The van der Waals surface area contributed by atoms with Crippen molar-refractivity contribution in [3.63, 3.8) is 0 Å². The summed E-state index contributed by atoms with van der Waals surface area (Å²) in [5, 5.41) is 8.73. The third-order valence-electron chi connectivity index (χ3n) is 13.6. The van der Waals surface area contributed by atoms with Crippen LogP contribution in [0, 0.1) is 11.3 Å². The summed E-state index contributed by atoms with van der Waals surface area (Å²) in [5.74, 6) is 5.48. The van der Waals surface area contributed by atoms with Crippen LogP contribution in [0.4, 0.5) is 0 Å². The van der Waals surface area contributed by atoms with Crippen LogP contribution in [0.15, 0.2) is 128 Å². The van der Waals surface area contributed by atoms with Gasteiger partial charge in [-0.1, -0.05) is 150 Å². The first-order chi connectivity index (χ1) is 40.0. The SMILES string of the molecule is CCCCCCCCCOc1ccc(-c2ncc(OCCCCCCC)cn2)cc1.CCCCCCOc1ccc(-c2ncc(C#N)cn2)cc1.CCCCCCc1cnc(-c2ccc(-c3ccc(OCCCCC)cc3)nc2)nc1. The second-order valence-corrected chi connectivity index (χ2v) is 20.6. The van der Waals surface area contributed by atoms with Crippen LogP contribution < -0.4 is 18.9 Å². The molecule has 0 spiro atoms. The number of nitriles is 1. The normalized spacial score (nSPS) is 10.7. The van der Waals surface area contributed by atoms with Crippen molar-refractivity contribution in [3.8, 4) is 74.5 Å². The van der Waals surface area contributed by atoms with Gasteiger partial charge < -0.3 is 18.9 Å². The summed E-state index contributed by atoms with van der Waals surface area (Å²) < 4.78 is 23.1. The molecule has 4 heterocycles. The summed E-state index contributed by atoms with van der Waals surface area (Å²) in [6, 6.07) is 30.0. The van der Waals surface area contributed by atoms with Gasteiger partial charge in [0.1, 0.15) is 23.3 Å². The fourth-order valence-electron chi connectivity index (χ4n) is 8.69. The molecule has 0 radical (unpaired) electrons. The van der Waals surface area contributed by atoms with Gasteiger partial charge in [0.15, 0.2) is 23.2 Å². The van der Waals surface area contributed by atoms with Crippen molar-refractivity contribution in [1.29, 1.82) is 5.26 Å². The first-order valence-electron chi connectivity index (χ1n) is 30.6. The average molecular weight is 1100 g/mol. The van der Waals surface area contributed by atoms with E-state index in [0.717, 1.165) is 115 Å². The van der Waals surface area contributed by atoms with Gasteiger partial charge in [-0.05, 0) is 129 Å². The van der Waals surface area contributed by atoms with Crippen LogP contribution >= 0.6 is 0 Å². The van der Waals surface area contributed by atoms with Crippen molar-refractivity contribution in [2.45, 2.75) is 189 Å². The molecule has 0 saturated heterocycles. The summed E-state index contributed by atoms with van der Waals surface area (Å²) >= 11 is 0. The van der Waals surface area contributed by atoms with Gasteiger partial charge in [-0.15, -0.1) is 0 Å². The molecule has 3 aromatic carbocycles. The fraction of sp³-hybridized carbons (Fsp3) is 0.478. The first kappa shape index (κ1) is 64.6. The highest BCUT2D eigenvalue weighted by Gasteiger charge is 2.08. The zero-order chi connectivity index (χ0) is 57.2. The summed E-state index contributed by atoms with van der Waals surface area (Å²) in [4.78, 5) is 30.9. The Hall–Kier alpha value is -7.26. The van der Waals surface area contributed by atoms with Gasteiger partial charge in [0, 0.05) is 53.2 Å². The number of unbranched alkanes of at least 4 members (excludes halogenated alkanes) is 18. The van der Waals surface area contributed by atoms with Gasteiger partial charge in [-0.2, -0.15) is 5.26 Å². The molecule has 0 aliphatic carbocycles. The lowest BCUT2D eigenvalue weighted by Gasteiger charge is -2.08. The number of rotatable bonds is 36. The minimum atomic E-state index is 0.464. The topological polar surface area (TPSA) is 151 Å². The van der Waals surface area contributed by atoms with Crippen molar-refractivity contribution >= 4 is 0 Å². The van der Waals surface area contributed by atoms with Gasteiger partial charge in [0.05, 0.1) is 50.1 Å². The molecule has 432 valence electrons. The van der Waals surface area contributed by atoms with Crippen molar-refractivity contribution in [3.05, 3.63) is 139 Å². The Bertz CT molecular complexity index is 2620.